The second kappa shape index (κ2) is 7.13. The molecule has 2 atom stereocenters. The minimum Gasteiger partial charge on any atom is -0.342 e. The summed E-state index contributed by atoms with van der Waals surface area (Å²) in [6.07, 6.45) is 4.15. The molecule has 24 heavy (non-hydrogen) atoms. The lowest BCUT2D eigenvalue weighted by Crippen LogP contribution is -2.33. The summed E-state index contributed by atoms with van der Waals surface area (Å²) in [5, 5.41) is 3.09. The van der Waals surface area contributed by atoms with Crippen LogP contribution >= 0.6 is 15.9 Å². The van der Waals surface area contributed by atoms with E-state index in [1.807, 2.05) is 24.3 Å². The van der Waals surface area contributed by atoms with E-state index in [-0.39, 0.29) is 17.9 Å². The number of rotatable bonds is 5. The zero-order chi connectivity index (χ0) is 17.1. The molecular formula is C18H19BrN4O. The van der Waals surface area contributed by atoms with E-state index in [9.17, 15) is 4.79 Å². The summed E-state index contributed by atoms with van der Waals surface area (Å²) in [6.45, 7) is 4.21. The van der Waals surface area contributed by atoms with Gasteiger partial charge in [0.15, 0.2) is 0 Å². The van der Waals surface area contributed by atoms with E-state index in [1.54, 1.807) is 18.5 Å². The molecule has 0 saturated heterocycles. The van der Waals surface area contributed by atoms with Crippen molar-refractivity contribution in [1.29, 1.82) is 0 Å². The predicted octanol–water partition coefficient (Wildman–Crippen LogP) is 4.24. The van der Waals surface area contributed by atoms with Crippen molar-refractivity contribution in [3.63, 3.8) is 0 Å². The first-order chi connectivity index (χ1) is 11.6. The average molecular weight is 387 g/mol. The molecule has 6 heteroatoms. The molecule has 0 saturated carbocycles. The van der Waals surface area contributed by atoms with E-state index in [0.717, 1.165) is 27.8 Å². The van der Waals surface area contributed by atoms with E-state index in [1.165, 1.54) is 0 Å². The largest absolute Gasteiger partial charge is 0.342 e. The number of pyridine rings is 1. The van der Waals surface area contributed by atoms with E-state index < -0.39 is 0 Å². The molecule has 5 nitrogen and oxygen atoms in total. The van der Waals surface area contributed by atoms with Crippen LogP contribution in [0.1, 0.15) is 42.5 Å². The van der Waals surface area contributed by atoms with Crippen molar-refractivity contribution >= 4 is 32.9 Å². The van der Waals surface area contributed by atoms with Crippen LogP contribution in [0.5, 0.6) is 0 Å². The lowest BCUT2D eigenvalue weighted by molar-refractivity contribution is 0.0920. The Hall–Kier alpha value is -2.21. The molecule has 0 bridgehead atoms. The van der Waals surface area contributed by atoms with Gasteiger partial charge in [0.2, 0.25) is 0 Å². The molecule has 0 aliphatic rings. The molecule has 3 rings (SSSR count). The molecule has 2 aromatic heterocycles. The van der Waals surface area contributed by atoms with Crippen LogP contribution in [0.25, 0.3) is 11.0 Å². The number of amides is 1. The van der Waals surface area contributed by atoms with Gasteiger partial charge in [-0.25, -0.2) is 4.98 Å². The Morgan fingerprint density at radius 1 is 1.33 bits per heavy atom. The average Bonchev–Trinajstić information content (AvgIpc) is 3.02. The highest BCUT2D eigenvalue weighted by atomic mass is 79.9. The maximum Gasteiger partial charge on any atom is 0.253 e. The van der Waals surface area contributed by atoms with Crippen molar-refractivity contribution in [3.8, 4) is 0 Å². The first-order valence-electron chi connectivity index (χ1n) is 7.94. The van der Waals surface area contributed by atoms with Gasteiger partial charge < -0.3 is 10.3 Å². The van der Waals surface area contributed by atoms with Crippen LogP contribution in [0.15, 0.2) is 47.2 Å². The number of halogens is 1. The van der Waals surface area contributed by atoms with Crippen molar-refractivity contribution in [1.82, 2.24) is 20.3 Å². The standard InChI is InChI=1S/C18H19BrN4O/c1-3-11(2)16(17-21-14-6-4-5-7-15(14)22-17)23-18(24)12-8-13(19)10-20-9-12/h4-11,16H,3H2,1-2H3,(H,21,22)(H,23,24)/t11-,16-/m1/s1. The fourth-order valence-electron chi connectivity index (χ4n) is 2.60. The third-order valence-electron chi connectivity index (χ3n) is 4.17. The number of carbonyl (C=O) groups excluding carboxylic acids is 1. The second-order valence-electron chi connectivity index (χ2n) is 5.87. The minimum absolute atomic E-state index is 0.158. The highest BCUT2D eigenvalue weighted by Crippen LogP contribution is 2.25. The van der Waals surface area contributed by atoms with Crippen LogP contribution in [0.2, 0.25) is 0 Å². The number of aromatic amines is 1. The summed E-state index contributed by atoms with van der Waals surface area (Å²) < 4.78 is 0.777. The number of hydrogen-bond donors (Lipinski definition) is 2. The lowest BCUT2D eigenvalue weighted by Gasteiger charge is -2.22. The maximum atomic E-state index is 12.6. The summed E-state index contributed by atoms with van der Waals surface area (Å²) in [6, 6.07) is 9.44. The monoisotopic (exact) mass is 386 g/mol. The van der Waals surface area contributed by atoms with Crippen molar-refractivity contribution < 1.29 is 4.79 Å². The molecule has 0 radical (unpaired) electrons. The molecule has 0 aliphatic heterocycles. The molecular weight excluding hydrogens is 368 g/mol. The predicted molar refractivity (Wildman–Crippen MR) is 97.7 cm³/mol. The minimum atomic E-state index is -0.186. The number of fused-ring (bicyclic) bond motifs is 1. The molecule has 0 fully saturated rings. The van der Waals surface area contributed by atoms with Gasteiger partial charge in [0.25, 0.3) is 5.91 Å². The highest BCUT2D eigenvalue weighted by Gasteiger charge is 2.24. The topological polar surface area (TPSA) is 70.7 Å². The SMILES string of the molecule is CC[C@@H](C)[C@@H](NC(=O)c1cncc(Br)c1)c1nc2ccccc2[nH]1. The number of H-pyrrole nitrogens is 1. The van der Waals surface area contributed by atoms with Crippen molar-refractivity contribution in [3.05, 3.63) is 58.6 Å². The van der Waals surface area contributed by atoms with Crippen molar-refractivity contribution in [2.75, 3.05) is 0 Å². The number of imidazole rings is 1. The van der Waals surface area contributed by atoms with E-state index >= 15 is 0 Å². The van der Waals surface area contributed by atoms with Crippen molar-refractivity contribution in [2.45, 2.75) is 26.3 Å². The number of nitrogens with zero attached hydrogens (tertiary/aromatic N) is 2. The molecule has 2 heterocycles. The van der Waals surface area contributed by atoms with E-state index in [2.05, 4.69) is 50.0 Å². The fraction of sp³-hybridized carbons (Fsp3) is 0.278. The third kappa shape index (κ3) is 3.48. The van der Waals surface area contributed by atoms with Gasteiger partial charge in [-0.15, -0.1) is 0 Å². The normalized spacial score (nSPS) is 13.6. The van der Waals surface area contributed by atoms with Gasteiger partial charge in [0.1, 0.15) is 5.82 Å². The van der Waals surface area contributed by atoms with E-state index in [0.29, 0.717) is 5.56 Å². The third-order valence-corrected chi connectivity index (χ3v) is 4.60. The summed E-state index contributed by atoms with van der Waals surface area (Å²) in [5.41, 5.74) is 2.40. The summed E-state index contributed by atoms with van der Waals surface area (Å²) in [4.78, 5) is 24.6. The Kier molecular flexibility index (Phi) is 4.94. The smallest absolute Gasteiger partial charge is 0.253 e. The van der Waals surface area contributed by atoms with Crippen LogP contribution in [-0.2, 0) is 0 Å². The Bertz CT molecular complexity index is 828. The van der Waals surface area contributed by atoms with Gasteiger partial charge in [-0.05, 0) is 40.0 Å². The van der Waals surface area contributed by atoms with Gasteiger partial charge in [-0.3, -0.25) is 9.78 Å². The van der Waals surface area contributed by atoms with Crippen LogP contribution < -0.4 is 5.32 Å². The van der Waals surface area contributed by atoms with Gasteiger partial charge in [-0.1, -0.05) is 32.4 Å². The highest BCUT2D eigenvalue weighted by molar-refractivity contribution is 9.10. The zero-order valence-electron chi connectivity index (χ0n) is 13.6. The Labute approximate surface area is 149 Å². The summed E-state index contributed by atoms with van der Waals surface area (Å²) in [7, 11) is 0. The summed E-state index contributed by atoms with van der Waals surface area (Å²) >= 11 is 3.35. The number of para-hydroxylation sites is 2. The molecule has 0 unspecified atom stereocenters. The van der Waals surface area contributed by atoms with Crippen LogP contribution in [0.4, 0.5) is 0 Å². The van der Waals surface area contributed by atoms with Gasteiger partial charge in [-0.2, -0.15) is 0 Å². The number of nitrogens with one attached hydrogen (secondary N) is 2. The molecule has 0 spiro atoms. The number of carbonyl (C=O) groups is 1. The molecule has 3 aromatic rings. The lowest BCUT2D eigenvalue weighted by atomic mass is 9.98. The first kappa shape index (κ1) is 16.6. The quantitative estimate of drug-likeness (QED) is 0.688. The van der Waals surface area contributed by atoms with E-state index in [4.69, 9.17) is 0 Å². The Balaban J connectivity index is 1.90. The number of aromatic nitrogens is 3. The van der Waals surface area contributed by atoms with Crippen LogP contribution in [0, 0.1) is 5.92 Å². The van der Waals surface area contributed by atoms with Crippen LogP contribution in [0.3, 0.4) is 0 Å². The molecule has 1 amide bonds. The zero-order valence-corrected chi connectivity index (χ0v) is 15.2. The number of benzene rings is 1. The maximum absolute atomic E-state index is 12.6. The van der Waals surface area contributed by atoms with Gasteiger partial charge >= 0.3 is 0 Å². The first-order valence-corrected chi connectivity index (χ1v) is 8.74. The molecule has 1 aromatic carbocycles. The van der Waals surface area contributed by atoms with Gasteiger partial charge in [0, 0.05) is 16.9 Å². The molecule has 2 N–H and O–H groups in total. The summed E-state index contributed by atoms with van der Waals surface area (Å²) in [5.74, 6) is 0.867. The Morgan fingerprint density at radius 2 is 2.12 bits per heavy atom. The molecule has 124 valence electrons. The number of hydrogen-bond acceptors (Lipinski definition) is 3. The Morgan fingerprint density at radius 3 is 2.83 bits per heavy atom. The van der Waals surface area contributed by atoms with Crippen LogP contribution in [-0.4, -0.2) is 20.9 Å². The van der Waals surface area contributed by atoms with Gasteiger partial charge in [0.05, 0.1) is 22.6 Å². The molecule has 0 aliphatic carbocycles. The second-order valence-corrected chi connectivity index (χ2v) is 6.78. The fourth-order valence-corrected chi connectivity index (χ4v) is 2.96. The van der Waals surface area contributed by atoms with Crippen molar-refractivity contribution in [2.24, 2.45) is 5.92 Å².